The van der Waals surface area contributed by atoms with Crippen LogP contribution >= 0.6 is 11.6 Å². The van der Waals surface area contributed by atoms with E-state index in [1.807, 2.05) is 0 Å². The van der Waals surface area contributed by atoms with E-state index in [4.69, 9.17) is 17.0 Å². The maximum atomic E-state index is 12.8. The second-order valence-electron chi connectivity index (χ2n) is 6.89. The highest BCUT2D eigenvalue weighted by molar-refractivity contribution is 6.30. The number of halogens is 1. The summed E-state index contributed by atoms with van der Waals surface area (Å²) in [5, 5.41) is 11.2. The number of benzene rings is 2. The van der Waals surface area contributed by atoms with Crippen molar-refractivity contribution in [2.24, 2.45) is 0 Å². The minimum atomic E-state index is -0.344. The lowest BCUT2D eigenvalue weighted by Crippen LogP contribution is -2.21. The molecule has 1 aromatic heterocycles. The largest absolute Gasteiger partial charge is 0.363 e. The molecule has 0 aliphatic heterocycles. The molecule has 0 saturated carbocycles. The molecule has 0 fully saturated rings. The lowest BCUT2D eigenvalue weighted by molar-refractivity contribution is 0.0992. The predicted octanol–water partition coefficient (Wildman–Crippen LogP) is 4.30. The number of Topliss-reactive ketones (excluding diaryl/α,β-unsaturated/α-hetero) is 1. The molecular weight excluding hydrogens is 400 g/mol. The first-order chi connectivity index (χ1) is 14.3. The summed E-state index contributed by atoms with van der Waals surface area (Å²) in [6.07, 6.45) is 1.54. The van der Waals surface area contributed by atoms with Crippen LogP contribution in [0.1, 0.15) is 31.8 Å². The van der Waals surface area contributed by atoms with Gasteiger partial charge in [-0.3, -0.25) is 15.0 Å². The summed E-state index contributed by atoms with van der Waals surface area (Å²) in [5.74, 6) is 0.294. The number of nitrogens with one attached hydrogen (secondary N) is 2. The molecule has 0 spiro atoms. The molecule has 7 heteroatoms. The molecule has 0 aliphatic rings. The topological polar surface area (TPSA) is 86.2 Å². The van der Waals surface area contributed by atoms with Gasteiger partial charge in [0.25, 0.3) is 5.91 Å². The fourth-order valence-electron chi connectivity index (χ4n) is 2.88. The van der Waals surface area contributed by atoms with Gasteiger partial charge in [0.15, 0.2) is 5.78 Å². The van der Waals surface area contributed by atoms with E-state index in [1.54, 1.807) is 79.7 Å². The Kier molecular flexibility index (Phi) is 6.59. The van der Waals surface area contributed by atoms with Crippen molar-refractivity contribution in [1.29, 1.82) is 5.41 Å². The van der Waals surface area contributed by atoms with Gasteiger partial charge in [0.05, 0.1) is 5.02 Å². The summed E-state index contributed by atoms with van der Waals surface area (Å²) in [6.45, 7) is 0. The lowest BCUT2D eigenvalue weighted by Gasteiger charge is -2.14. The number of amides is 1. The standard InChI is InChI=1S/C23H21ClN4O2/c1-28(2)22(25)16-9-7-15(8-10-16)20(29)13-17-5-3-4-6-19(17)23(30)27-21-12-11-18(24)14-26-21/h3-12,14,25H,13H2,1-2H3,(H,26,27,30). The molecule has 30 heavy (non-hydrogen) atoms. The van der Waals surface area contributed by atoms with Crippen molar-refractivity contribution in [2.45, 2.75) is 6.42 Å². The van der Waals surface area contributed by atoms with Gasteiger partial charge in [-0.05, 0) is 23.8 Å². The second-order valence-corrected chi connectivity index (χ2v) is 7.33. The summed E-state index contributed by atoms with van der Waals surface area (Å²) in [4.78, 5) is 31.2. The van der Waals surface area contributed by atoms with Crippen molar-refractivity contribution in [3.05, 3.63) is 94.1 Å². The van der Waals surface area contributed by atoms with Crippen molar-refractivity contribution in [3.63, 3.8) is 0 Å². The van der Waals surface area contributed by atoms with Gasteiger partial charge in [0.2, 0.25) is 0 Å². The molecule has 0 bridgehead atoms. The SMILES string of the molecule is CN(C)C(=N)c1ccc(C(=O)Cc2ccccc2C(=O)Nc2ccc(Cl)cn2)cc1. The van der Waals surface area contributed by atoms with Crippen LogP contribution in [0.3, 0.4) is 0 Å². The molecule has 0 atom stereocenters. The zero-order chi connectivity index (χ0) is 21.7. The molecule has 1 amide bonds. The van der Waals surface area contributed by atoms with Gasteiger partial charge in [-0.1, -0.05) is 54.1 Å². The van der Waals surface area contributed by atoms with Crippen LogP contribution in [0.4, 0.5) is 5.82 Å². The highest BCUT2D eigenvalue weighted by Crippen LogP contribution is 2.16. The third kappa shape index (κ3) is 5.10. The fraction of sp³-hybridized carbons (Fsp3) is 0.130. The van der Waals surface area contributed by atoms with E-state index in [0.29, 0.717) is 33.4 Å². The number of pyridine rings is 1. The van der Waals surface area contributed by atoms with Gasteiger partial charge in [0, 0.05) is 43.4 Å². The molecule has 1 heterocycles. The van der Waals surface area contributed by atoms with E-state index in [-0.39, 0.29) is 18.1 Å². The molecule has 3 rings (SSSR count). The Morgan fingerprint density at radius 2 is 1.67 bits per heavy atom. The Morgan fingerprint density at radius 1 is 1.00 bits per heavy atom. The third-order valence-corrected chi connectivity index (χ3v) is 4.73. The quantitative estimate of drug-likeness (QED) is 0.353. The molecule has 0 unspecified atom stereocenters. The zero-order valence-corrected chi connectivity index (χ0v) is 17.4. The van der Waals surface area contributed by atoms with Crippen LogP contribution in [0.15, 0.2) is 66.9 Å². The maximum Gasteiger partial charge on any atom is 0.257 e. The third-order valence-electron chi connectivity index (χ3n) is 4.51. The summed E-state index contributed by atoms with van der Waals surface area (Å²) >= 11 is 5.82. The molecular formula is C23H21ClN4O2. The number of nitrogens with zero attached hydrogens (tertiary/aromatic N) is 2. The Balaban J connectivity index is 1.75. The Labute approximate surface area is 180 Å². The van der Waals surface area contributed by atoms with Gasteiger partial charge >= 0.3 is 0 Å². The van der Waals surface area contributed by atoms with E-state index in [0.717, 1.165) is 5.56 Å². The Hall–Kier alpha value is -3.51. The number of ketones is 1. The number of aromatic nitrogens is 1. The molecule has 0 aliphatic carbocycles. The predicted molar refractivity (Wildman–Crippen MR) is 119 cm³/mol. The average Bonchev–Trinajstić information content (AvgIpc) is 2.75. The van der Waals surface area contributed by atoms with Crippen molar-refractivity contribution < 1.29 is 9.59 Å². The summed E-state index contributed by atoms with van der Waals surface area (Å²) in [6, 6.07) is 17.1. The smallest absolute Gasteiger partial charge is 0.257 e. The first-order valence-electron chi connectivity index (χ1n) is 9.25. The summed E-state index contributed by atoms with van der Waals surface area (Å²) in [7, 11) is 3.59. The van der Waals surface area contributed by atoms with E-state index >= 15 is 0 Å². The second kappa shape index (κ2) is 9.33. The number of carbonyl (C=O) groups is 2. The first-order valence-corrected chi connectivity index (χ1v) is 9.63. The highest BCUT2D eigenvalue weighted by atomic mass is 35.5. The Morgan fingerprint density at radius 3 is 2.30 bits per heavy atom. The number of hydrogen-bond donors (Lipinski definition) is 2. The van der Waals surface area contributed by atoms with Crippen molar-refractivity contribution in [2.75, 3.05) is 19.4 Å². The first kappa shape index (κ1) is 21.2. The lowest BCUT2D eigenvalue weighted by atomic mass is 9.97. The van der Waals surface area contributed by atoms with Gasteiger partial charge in [-0.15, -0.1) is 0 Å². The average molecular weight is 421 g/mol. The minimum Gasteiger partial charge on any atom is -0.363 e. The van der Waals surface area contributed by atoms with Crippen LogP contribution in [0.25, 0.3) is 0 Å². The monoisotopic (exact) mass is 420 g/mol. The molecule has 152 valence electrons. The number of rotatable bonds is 6. The van der Waals surface area contributed by atoms with Crippen LogP contribution < -0.4 is 5.32 Å². The van der Waals surface area contributed by atoms with Gasteiger partial charge in [-0.25, -0.2) is 4.98 Å². The van der Waals surface area contributed by atoms with Gasteiger partial charge in [0.1, 0.15) is 11.7 Å². The number of amidine groups is 1. The zero-order valence-electron chi connectivity index (χ0n) is 16.6. The van der Waals surface area contributed by atoms with Crippen molar-refractivity contribution in [3.8, 4) is 0 Å². The van der Waals surface area contributed by atoms with E-state index in [2.05, 4.69) is 10.3 Å². The normalized spacial score (nSPS) is 10.4. The highest BCUT2D eigenvalue weighted by Gasteiger charge is 2.16. The van der Waals surface area contributed by atoms with Gasteiger partial charge < -0.3 is 10.2 Å². The van der Waals surface area contributed by atoms with E-state index in [9.17, 15) is 9.59 Å². The summed E-state index contributed by atoms with van der Waals surface area (Å²) < 4.78 is 0. The molecule has 2 N–H and O–H groups in total. The molecule has 0 saturated heterocycles. The van der Waals surface area contributed by atoms with E-state index < -0.39 is 0 Å². The molecule has 2 aromatic carbocycles. The minimum absolute atomic E-state index is 0.0854. The molecule has 6 nitrogen and oxygen atoms in total. The van der Waals surface area contributed by atoms with Gasteiger partial charge in [-0.2, -0.15) is 0 Å². The van der Waals surface area contributed by atoms with Crippen molar-refractivity contribution >= 4 is 34.9 Å². The number of carbonyl (C=O) groups excluding carboxylic acids is 2. The van der Waals surface area contributed by atoms with Crippen LogP contribution in [0, 0.1) is 5.41 Å². The van der Waals surface area contributed by atoms with Crippen LogP contribution in [-0.2, 0) is 6.42 Å². The number of hydrogen-bond acceptors (Lipinski definition) is 4. The molecule has 0 radical (unpaired) electrons. The number of anilines is 1. The summed E-state index contributed by atoms with van der Waals surface area (Å²) in [5.41, 5.74) is 2.29. The maximum absolute atomic E-state index is 12.8. The van der Waals surface area contributed by atoms with Crippen molar-refractivity contribution in [1.82, 2.24) is 9.88 Å². The Bertz CT molecular complexity index is 1080. The fourth-order valence-corrected chi connectivity index (χ4v) is 2.99. The van der Waals surface area contributed by atoms with E-state index in [1.165, 1.54) is 6.20 Å². The van der Waals surface area contributed by atoms with Crippen LogP contribution in [0.2, 0.25) is 5.02 Å². The molecule has 3 aromatic rings. The van der Waals surface area contributed by atoms with Crippen LogP contribution in [0.5, 0.6) is 0 Å². The van der Waals surface area contributed by atoms with Crippen LogP contribution in [-0.4, -0.2) is 41.5 Å².